The number of nitrogens with two attached hydrogens (primary N) is 1. The molecule has 1 heterocycles. The molecular formula is C18H21N3O. The predicted molar refractivity (Wildman–Crippen MR) is 88.8 cm³/mol. The zero-order valence-electron chi connectivity index (χ0n) is 12.8. The summed E-state index contributed by atoms with van der Waals surface area (Å²) in [6, 6.07) is 16.1. The number of primary amides is 1. The van der Waals surface area contributed by atoms with E-state index in [0.29, 0.717) is 5.56 Å². The van der Waals surface area contributed by atoms with Crippen molar-refractivity contribution in [2.45, 2.75) is 13.1 Å². The summed E-state index contributed by atoms with van der Waals surface area (Å²) in [6.07, 6.45) is 0. The van der Waals surface area contributed by atoms with Crippen molar-refractivity contribution >= 4 is 11.6 Å². The van der Waals surface area contributed by atoms with Gasteiger partial charge >= 0.3 is 0 Å². The summed E-state index contributed by atoms with van der Waals surface area (Å²) in [7, 11) is 2.13. The lowest BCUT2D eigenvalue weighted by atomic mass is 10.1. The monoisotopic (exact) mass is 295 g/mol. The molecule has 0 radical (unpaired) electrons. The van der Waals surface area contributed by atoms with E-state index in [4.69, 9.17) is 5.73 Å². The fourth-order valence-electron chi connectivity index (χ4n) is 2.96. The van der Waals surface area contributed by atoms with Gasteiger partial charge in [-0.25, -0.2) is 0 Å². The molecule has 4 heteroatoms. The number of anilines is 1. The van der Waals surface area contributed by atoms with Gasteiger partial charge in [-0.1, -0.05) is 30.3 Å². The van der Waals surface area contributed by atoms with Crippen molar-refractivity contribution in [1.82, 2.24) is 4.90 Å². The topological polar surface area (TPSA) is 49.6 Å². The number of hydrogen-bond acceptors (Lipinski definition) is 3. The largest absolute Gasteiger partial charge is 0.373 e. The zero-order valence-corrected chi connectivity index (χ0v) is 12.8. The first kappa shape index (κ1) is 14.6. The number of rotatable bonds is 3. The number of nitrogens with zero attached hydrogens (tertiary/aromatic N) is 2. The molecule has 0 saturated heterocycles. The SMILES string of the molecule is CN1CCN(Cc2cccc(C(N)=O)c2)Cc2ccccc21. The van der Waals surface area contributed by atoms with Crippen LogP contribution in [0.3, 0.4) is 0 Å². The van der Waals surface area contributed by atoms with E-state index in [9.17, 15) is 4.79 Å². The van der Waals surface area contributed by atoms with Gasteiger partial charge in [0.05, 0.1) is 0 Å². The van der Waals surface area contributed by atoms with E-state index in [1.807, 2.05) is 18.2 Å². The van der Waals surface area contributed by atoms with E-state index < -0.39 is 0 Å². The molecule has 0 fully saturated rings. The molecule has 2 N–H and O–H groups in total. The highest BCUT2D eigenvalue weighted by Gasteiger charge is 2.17. The molecule has 2 aromatic rings. The van der Waals surface area contributed by atoms with E-state index in [1.54, 1.807) is 6.07 Å². The van der Waals surface area contributed by atoms with Gasteiger partial charge in [0.2, 0.25) is 5.91 Å². The van der Waals surface area contributed by atoms with Crippen molar-refractivity contribution in [2.24, 2.45) is 5.73 Å². The Morgan fingerprint density at radius 2 is 1.95 bits per heavy atom. The maximum atomic E-state index is 11.3. The van der Waals surface area contributed by atoms with Crippen molar-refractivity contribution in [3.63, 3.8) is 0 Å². The van der Waals surface area contributed by atoms with Gasteiger partial charge in [-0.15, -0.1) is 0 Å². The first-order chi connectivity index (χ1) is 10.6. The Morgan fingerprint density at radius 3 is 2.77 bits per heavy atom. The number of hydrogen-bond donors (Lipinski definition) is 1. The molecule has 1 aliphatic rings. The average molecular weight is 295 g/mol. The number of fused-ring (bicyclic) bond motifs is 1. The summed E-state index contributed by atoms with van der Waals surface area (Å²) in [4.78, 5) is 16.0. The van der Waals surface area contributed by atoms with Crippen LogP contribution in [0.15, 0.2) is 48.5 Å². The van der Waals surface area contributed by atoms with Crippen LogP contribution in [-0.4, -0.2) is 30.9 Å². The molecule has 4 nitrogen and oxygen atoms in total. The highest BCUT2D eigenvalue weighted by molar-refractivity contribution is 5.92. The number of likely N-dealkylation sites (N-methyl/N-ethyl adjacent to an activating group) is 1. The quantitative estimate of drug-likeness (QED) is 0.945. The highest BCUT2D eigenvalue weighted by Crippen LogP contribution is 2.24. The molecule has 0 atom stereocenters. The number of carbonyl (C=O) groups excluding carboxylic acids is 1. The maximum Gasteiger partial charge on any atom is 0.248 e. The molecule has 0 spiro atoms. The molecule has 1 aliphatic heterocycles. The van der Waals surface area contributed by atoms with Crippen molar-refractivity contribution in [2.75, 3.05) is 25.0 Å². The first-order valence-corrected chi connectivity index (χ1v) is 7.53. The van der Waals surface area contributed by atoms with Crippen LogP contribution in [0.4, 0.5) is 5.69 Å². The van der Waals surface area contributed by atoms with Gasteiger partial charge in [0.25, 0.3) is 0 Å². The van der Waals surface area contributed by atoms with Gasteiger partial charge in [-0.2, -0.15) is 0 Å². The Balaban J connectivity index is 1.79. The second-order valence-corrected chi connectivity index (χ2v) is 5.83. The number of carbonyl (C=O) groups is 1. The molecule has 0 bridgehead atoms. The van der Waals surface area contributed by atoms with Gasteiger partial charge in [0.1, 0.15) is 0 Å². The Bertz CT molecular complexity index is 684. The number of benzene rings is 2. The molecular weight excluding hydrogens is 274 g/mol. The molecule has 0 unspecified atom stereocenters. The molecule has 114 valence electrons. The fourth-order valence-corrected chi connectivity index (χ4v) is 2.96. The predicted octanol–water partition coefficient (Wildman–Crippen LogP) is 2.24. The minimum absolute atomic E-state index is 0.372. The third-order valence-corrected chi connectivity index (χ3v) is 4.17. The summed E-state index contributed by atoms with van der Waals surface area (Å²) < 4.78 is 0. The number of para-hydroxylation sites is 1. The minimum Gasteiger partial charge on any atom is -0.373 e. The van der Waals surface area contributed by atoms with E-state index >= 15 is 0 Å². The third-order valence-electron chi connectivity index (χ3n) is 4.17. The summed E-state index contributed by atoms with van der Waals surface area (Å²) in [5.41, 5.74) is 9.70. The Kier molecular flexibility index (Phi) is 4.11. The van der Waals surface area contributed by atoms with E-state index in [2.05, 4.69) is 41.1 Å². The molecule has 1 amide bonds. The van der Waals surface area contributed by atoms with Crippen molar-refractivity contribution in [1.29, 1.82) is 0 Å². The lowest BCUT2D eigenvalue weighted by Crippen LogP contribution is -2.29. The van der Waals surface area contributed by atoms with Crippen LogP contribution in [0.1, 0.15) is 21.5 Å². The van der Waals surface area contributed by atoms with Crippen LogP contribution in [0.5, 0.6) is 0 Å². The van der Waals surface area contributed by atoms with Crippen molar-refractivity contribution in [3.8, 4) is 0 Å². The summed E-state index contributed by atoms with van der Waals surface area (Å²) in [5.74, 6) is -0.372. The summed E-state index contributed by atoms with van der Waals surface area (Å²) in [5, 5.41) is 0. The van der Waals surface area contributed by atoms with Gasteiger partial charge < -0.3 is 10.6 Å². The van der Waals surface area contributed by atoms with Crippen molar-refractivity contribution < 1.29 is 4.79 Å². The van der Waals surface area contributed by atoms with E-state index in [0.717, 1.165) is 31.7 Å². The smallest absolute Gasteiger partial charge is 0.248 e. The van der Waals surface area contributed by atoms with Gasteiger partial charge in [-0.05, 0) is 29.3 Å². The van der Waals surface area contributed by atoms with Gasteiger partial charge in [0, 0.05) is 44.5 Å². The van der Waals surface area contributed by atoms with Gasteiger partial charge in [-0.3, -0.25) is 9.69 Å². The second kappa shape index (κ2) is 6.20. The van der Waals surface area contributed by atoms with Crippen LogP contribution in [0.2, 0.25) is 0 Å². The van der Waals surface area contributed by atoms with E-state index in [1.165, 1.54) is 11.3 Å². The molecule has 3 rings (SSSR count). The Labute approximate surface area is 131 Å². The standard InChI is InChI=1S/C18H21N3O/c1-20-9-10-21(13-16-6-2-3-8-17(16)20)12-14-5-4-7-15(11-14)18(19)22/h2-8,11H,9-10,12-13H2,1H3,(H2,19,22). The minimum atomic E-state index is -0.372. The Morgan fingerprint density at radius 1 is 1.14 bits per heavy atom. The lowest BCUT2D eigenvalue weighted by Gasteiger charge is -2.21. The first-order valence-electron chi connectivity index (χ1n) is 7.53. The highest BCUT2D eigenvalue weighted by atomic mass is 16.1. The molecule has 22 heavy (non-hydrogen) atoms. The maximum absolute atomic E-state index is 11.3. The van der Waals surface area contributed by atoms with Crippen molar-refractivity contribution in [3.05, 3.63) is 65.2 Å². The van der Waals surface area contributed by atoms with Gasteiger partial charge in [0.15, 0.2) is 0 Å². The molecule has 0 aromatic heterocycles. The van der Waals surface area contributed by atoms with E-state index in [-0.39, 0.29) is 5.91 Å². The zero-order chi connectivity index (χ0) is 15.5. The fraction of sp³-hybridized carbons (Fsp3) is 0.278. The van der Waals surface area contributed by atoms with Crippen LogP contribution < -0.4 is 10.6 Å². The molecule has 0 saturated carbocycles. The van der Waals surface area contributed by atoms with Crippen LogP contribution in [0.25, 0.3) is 0 Å². The average Bonchev–Trinajstić information content (AvgIpc) is 2.67. The summed E-state index contributed by atoms with van der Waals surface area (Å²) >= 11 is 0. The lowest BCUT2D eigenvalue weighted by molar-refractivity contribution is 0.1000. The number of amides is 1. The second-order valence-electron chi connectivity index (χ2n) is 5.83. The Hall–Kier alpha value is -2.33. The third kappa shape index (κ3) is 3.12. The van der Waals surface area contributed by atoms with Crippen LogP contribution in [-0.2, 0) is 13.1 Å². The van der Waals surface area contributed by atoms with Crippen LogP contribution >= 0.6 is 0 Å². The van der Waals surface area contributed by atoms with Crippen LogP contribution in [0, 0.1) is 0 Å². The molecule has 2 aromatic carbocycles. The summed E-state index contributed by atoms with van der Waals surface area (Å²) in [6.45, 7) is 3.73. The molecule has 0 aliphatic carbocycles. The normalized spacial score (nSPS) is 15.2.